The molecule has 0 spiro atoms. The van der Waals surface area contributed by atoms with Gasteiger partial charge in [0.1, 0.15) is 5.69 Å². The summed E-state index contributed by atoms with van der Waals surface area (Å²) >= 11 is 0. The first-order valence-electron chi connectivity index (χ1n) is 4.76. The van der Waals surface area contributed by atoms with Gasteiger partial charge in [0.2, 0.25) is 11.7 Å². The number of anilines is 2. The Morgan fingerprint density at radius 3 is 1.89 bits per heavy atom. The molecule has 0 bridgehead atoms. The highest BCUT2D eigenvalue weighted by atomic mass is 19.2. The Morgan fingerprint density at radius 1 is 0.895 bits per heavy atom. The van der Waals surface area contributed by atoms with Crippen LogP contribution in [0.1, 0.15) is 5.89 Å². The second-order valence-electron chi connectivity index (χ2n) is 3.27. The van der Waals surface area contributed by atoms with Crippen molar-refractivity contribution in [3.05, 3.63) is 35.0 Å². The number of nitrogens with two attached hydrogens (primary N) is 1. The fourth-order valence-corrected chi connectivity index (χ4v) is 1.21. The van der Waals surface area contributed by atoms with Crippen LogP contribution in [0, 0.1) is 29.1 Å². The van der Waals surface area contributed by atoms with Crippen LogP contribution < -0.4 is 11.1 Å². The molecule has 0 unspecified atom stereocenters. The molecule has 1 heterocycles. The van der Waals surface area contributed by atoms with Crippen LogP contribution in [-0.4, -0.2) is 10.2 Å². The monoisotopic (exact) mass is 280 g/mol. The molecule has 1 aromatic carbocycles. The van der Waals surface area contributed by atoms with Gasteiger partial charge < -0.3 is 15.5 Å². The summed E-state index contributed by atoms with van der Waals surface area (Å²) in [4.78, 5) is 0. The molecule has 1 aromatic heterocycles. The van der Waals surface area contributed by atoms with E-state index in [9.17, 15) is 22.0 Å². The maximum absolute atomic E-state index is 13.3. The lowest BCUT2D eigenvalue weighted by atomic mass is 10.2. The molecule has 5 nitrogen and oxygen atoms in total. The second-order valence-corrected chi connectivity index (χ2v) is 3.27. The number of hydrogen-bond acceptors (Lipinski definition) is 5. The van der Waals surface area contributed by atoms with Gasteiger partial charge in [-0.25, -0.2) is 22.0 Å². The molecule has 2 rings (SSSR count). The zero-order chi connectivity index (χ0) is 14.2. The summed E-state index contributed by atoms with van der Waals surface area (Å²) in [7, 11) is 0. The molecule has 3 N–H and O–H groups in total. The van der Waals surface area contributed by atoms with Crippen LogP contribution in [-0.2, 0) is 6.54 Å². The second kappa shape index (κ2) is 4.80. The third kappa shape index (κ3) is 2.21. The van der Waals surface area contributed by atoms with Crippen LogP contribution in [0.2, 0.25) is 0 Å². The van der Waals surface area contributed by atoms with Crippen LogP contribution >= 0.6 is 0 Å². The van der Waals surface area contributed by atoms with E-state index in [2.05, 4.69) is 10.2 Å². The Balaban J connectivity index is 2.45. The number of nitrogens with zero attached hydrogens (tertiary/aromatic N) is 2. The Labute approximate surface area is 102 Å². The zero-order valence-corrected chi connectivity index (χ0v) is 8.98. The first-order valence-corrected chi connectivity index (χ1v) is 4.76. The van der Waals surface area contributed by atoms with Gasteiger partial charge in [-0.1, -0.05) is 5.10 Å². The fourth-order valence-electron chi connectivity index (χ4n) is 1.21. The highest BCUT2D eigenvalue weighted by molar-refractivity contribution is 5.54. The Bertz CT molecular complexity index is 600. The predicted octanol–water partition coefficient (Wildman–Crippen LogP) is 1.97. The quantitative estimate of drug-likeness (QED) is 0.510. The Kier molecular flexibility index (Phi) is 3.34. The highest BCUT2D eigenvalue weighted by Gasteiger charge is 2.26. The summed E-state index contributed by atoms with van der Waals surface area (Å²) in [5, 5.41) is 8.42. The van der Waals surface area contributed by atoms with Gasteiger partial charge in [0, 0.05) is 0 Å². The number of halogens is 5. The van der Waals surface area contributed by atoms with E-state index in [-0.39, 0.29) is 12.4 Å². The van der Waals surface area contributed by atoms with Crippen molar-refractivity contribution in [2.24, 2.45) is 5.73 Å². The van der Waals surface area contributed by atoms with Crippen LogP contribution in [0.15, 0.2) is 4.42 Å². The summed E-state index contributed by atoms with van der Waals surface area (Å²) < 4.78 is 69.8. The number of rotatable bonds is 3. The summed E-state index contributed by atoms with van der Waals surface area (Å²) in [6.07, 6.45) is 0. The molecule has 0 saturated heterocycles. The van der Waals surface area contributed by atoms with E-state index < -0.39 is 40.8 Å². The lowest BCUT2D eigenvalue weighted by Gasteiger charge is -2.07. The van der Waals surface area contributed by atoms with Crippen LogP contribution in [0.25, 0.3) is 0 Å². The van der Waals surface area contributed by atoms with Gasteiger partial charge in [0.05, 0.1) is 6.54 Å². The predicted molar refractivity (Wildman–Crippen MR) is 51.7 cm³/mol. The van der Waals surface area contributed by atoms with E-state index in [0.717, 1.165) is 0 Å². The smallest absolute Gasteiger partial charge is 0.320 e. The Hall–Kier alpha value is -2.23. The minimum Gasteiger partial charge on any atom is -0.406 e. The van der Waals surface area contributed by atoms with Gasteiger partial charge in [-0.3, -0.25) is 0 Å². The molecular formula is C9H5F5N4O. The van der Waals surface area contributed by atoms with E-state index in [1.165, 1.54) is 0 Å². The van der Waals surface area contributed by atoms with Gasteiger partial charge in [0.15, 0.2) is 23.3 Å². The number of nitrogens with one attached hydrogen (secondary N) is 1. The molecular weight excluding hydrogens is 275 g/mol. The van der Waals surface area contributed by atoms with Crippen molar-refractivity contribution >= 4 is 11.7 Å². The van der Waals surface area contributed by atoms with Crippen molar-refractivity contribution in [2.75, 3.05) is 5.32 Å². The van der Waals surface area contributed by atoms with Crippen molar-refractivity contribution in [1.29, 1.82) is 0 Å². The topological polar surface area (TPSA) is 77.0 Å². The van der Waals surface area contributed by atoms with Crippen molar-refractivity contribution < 1.29 is 26.4 Å². The number of benzene rings is 1. The maximum atomic E-state index is 13.3. The van der Waals surface area contributed by atoms with E-state index >= 15 is 0 Å². The highest BCUT2D eigenvalue weighted by Crippen LogP contribution is 2.29. The third-order valence-corrected chi connectivity index (χ3v) is 2.08. The normalized spacial score (nSPS) is 10.8. The van der Waals surface area contributed by atoms with Crippen LogP contribution in [0.5, 0.6) is 0 Å². The van der Waals surface area contributed by atoms with E-state index in [1.807, 2.05) is 5.32 Å². The van der Waals surface area contributed by atoms with Gasteiger partial charge in [-0.15, -0.1) is 5.10 Å². The summed E-state index contributed by atoms with van der Waals surface area (Å²) in [5.74, 6) is -10.6. The van der Waals surface area contributed by atoms with Crippen molar-refractivity contribution in [1.82, 2.24) is 10.2 Å². The Morgan fingerprint density at radius 2 is 1.42 bits per heavy atom. The molecule has 102 valence electrons. The summed E-state index contributed by atoms with van der Waals surface area (Å²) in [6.45, 7) is -0.147. The molecule has 0 atom stereocenters. The third-order valence-electron chi connectivity index (χ3n) is 2.08. The van der Waals surface area contributed by atoms with Gasteiger partial charge in [-0.2, -0.15) is 0 Å². The van der Waals surface area contributed by atoms with Gasteiger partial charge in [0.25, 0.3) is 0 Å². The summed E-state index contributed by atoms with van der Waals surface area (Å²) in [5.41, 5.74) is 3.85. The largest absolute Gasteiger partial charge is 0.406 e. The average molecular weight is 280 g/mol. The van der Waals surface area contributed by atoms with Crippen molar-refractivity contribution in [3.8, 4) is 0 Å². The van der Waals surface area contributed by atoms with Crippen molar-refractivity contribution in [2.45, 2.75) is 6.54 Å². The van der Waals surface area contributed by atoms with E-state index in [4.69, 9.17) is 10.2 Å². The minimum absolute atomic E-state index is 0.0774. The molecule has 0 amide bonds. The maximum Gasteiger partial charge on any atom is 0.320 e. The van der Waals surface area contributed by atoms with Gasteiger partial charge >= 0.3 is 6.01 Å². The molecule has 0 radical (unpaired) electrons. The molecule has 0 aliphatic carbocycles. The minimum atomic E-state index is -2.26. The molecule has 0 aliphatic heterocycles. The SMILES string of the molecule is NCc1nnc(Nc2c(F)c(F)c(F)c(F)c2F)o1. The first kappa shape index (κ1) is 13.2. The van der Waals surface area contributed by atoms with Gasteiger partial charge in [-0.05, 0) is 0 Å². The first-order chi connectivity index (χ1) is 8.95. The molecule has 2 aromatic rings. The molecule has 0 saturated carbocycles. The molecule has 0 fully saturated rings. The number of aromatic nitrogens is 2. The van der Waals surface area contributed by atoms with Crippen molar-refractivity contribution in [3.63, 3.8) is 0 Å². The molecule has 10 heteroatoms. The standard InChI is InChI=1S/C9H5F5N4O/c10-3-4(11)6(13)8(7(14)5(3)12)16-9-18-17-2(1-15)19-9/h1,15H2,(H,16,18). The zero-order valence-electron chi connectivity index (χ0n) is 8.98. The molecule has 0 aliphatic rings. The average Bonchev–Trinajstić information content (AvgIpc) is 2.87. The van der Waals surface area contributed by atoms with E-state index in [0.29, 0.717) is 0 Å². The summed E-state index contributed by atoms with van der Waals surface area (Å²) in [6, 6.07) is -0.552. The lowest BCUT2D eigenvalue weighted by Crippen LogP contribution is -2.06. The fraction of sp³-hybridized carbons (Fsp3) is 0.111. The van der Waals surface area contributed by atoms with Crippen LogP contribution in [0.4, 0.5) is 33.7 Å². The van der Waals surface area contributed by atoms with E-state index in [1.54, 1.807) is 0 Å². The molecule has 19 heavy (non-hydrogen) atoms. The number of hydrogen-bond donors (Lipinski definition) is 2. The van der Waals surface area contributed by atoms with Crippen LogP contribution in [0.3, 0.4) is 0 Å². The lowest BCUT2D eigenvalue weighted by molar-refractivity contribution is 0.381.